The van der Waals surface area contributed by atoms with Crippen LogP contribution in [0.3, 0.4) is 0 Å². The summed E-state index contributed by atoms with van der Waals surface area (Å²) in [5, 5.41) is 9.85. The van der Waals surface area contributed by atoms with Crippen molar-refractivity contribution in [2.45, 2.75) is 42.3 Å². The number of hydrogen-bond acceptors (Lipinski definition) is 3. The fourth-order valence-corrected chi connectivity index (χ4v) is 6.95. The number of benzene rings is 1. The highest BCUT2D eigenvalue weighted by atomic mass is 32.2. The second kappa shape index (κ2) is 4.09. The summed E-state index contributed by atoms with van der Waals surface area (Å²) < 4.78 is 0. The van der Waals surface area contributed by atoms with Crippen molar-refractivity contribution < 1.29 is 0 Å². The predicted molar refractivity (Wildman–Crippen MR) is 81.4 cm³/mol. The van der Waals surface area contributed by atoms with E-state index in [1.54, 1.807) is 0 Å². The normalized spacial score (nSPS) is 48.3. The summed E-state index contributed by atoms with van der Waals surface area (Å²) in [5.74, 6) is 3.63. The standard InChI is InChI=1S/C17H20N2S/c1-2-4-13(5-3-1)16-18-19-17(20-16)14-7-11-6-12(9-14)10-15(17)8-11/h1-5,11-12,14-16H,6-10H2. The van der Waals surface area contributed by atoms with Crippen LogP contribution in [-0.2, 0) is 0 Å². The molecule has 4 saturated carbocycles. The van der Waals surface area contributed by atoms with Gasteiger partial charge in [0, 0.05) is 0 Å². The van der Waals surface area contributed by atoms with E-state index in [4.69, 9.17) is 10.2 Å². The van der Waals surface area contributed by atoms with Crippen LogP contribution in [0.2, 0.25) is 0 Å². The van der Waals surface area contributed by atoms with E-state index in [-0.39, 0.29) is 10.2 Å². The van der Waals surface area contributed by atoms with E-state index in [1.165, 1.54) is 37.7 Å². The molecule has 0 amide bonds. The molecule has 1 spiro atoms. The highest BCUT2D eigenvalue weighted by Crippen LogP contribution is 2.67. The van der Waals surface area contributed by atoms with Crippen molar-refractivity contribution in [1.82, 2.24) is 0 Å². The first-order chi connectivity index (χ1) is 9.83. The molecule has 0 radical (unpaired) electrons. The Morgan fingerprint density at radius 3 is 2.20 bits per heavy atom. The molecule has 1 aliphatic heterocycles. The maximum atomic E-state index is 4.91. The van der Waals surface area contributed by atoms with Crippen molar-refractivity contribution in [3.05, 3.63) is 35.9 Å². The summed E-state index contributed by atoms with van der Waals surface area (Å²) in [6.07, 6.45) is 7.18. The molecule has 3 heteroatoms. The average molecular weight is 284 g/mol. The fourth-order valence-electron chi connectivity index (χ4n) is 5.34. The maximum absolute atomic E-state index is 4.91. The molecule has 0 N–H and O–H groups in total. The van der Waals surface area contributed by atoms with Gasteiger partial charge in [-0.05, 0) is 61.3 Å². The molecular weight excluding hydrogens is 264 g/mol. The molecule has 0 saturated heterocycles. The van der Waals surface area contributed by atoms with Gasteiger partial charge in [-0.1, -0.05) is 42.1 Å². The largest absolute Gasteiger partial charge is 0.174 e. The van der Waals surface area contributed by atoms with Gasteiger partial charge < -0.3 is 0 Å². The van der Waals surface area contributed by atoms with E-state index in [9.17, 15) is 0 Å². The molecule has 6 rings (SSSR count). The zero-order valence-electron chi connectivity index (χ0n) is 11.6. The lowest BCUT2D eigenvalue weighted by atomic mass is 9.54. The Morgan fingerprint density at radius 2 is 1.55 bits per heavy atom. The van der Waals surface area contributed by atoms with Crippen LogP contribution in [0.15, 0.2) is 40.6 Å². The first kappa shape index (κ1) is 11.8. The second-order valence-corrected chi connectivity index (χ2v) is 8.49. The van der Waals surface area contributed by atoms with E-state index in [1.807, 2.05) is 0 Å². The number of thioether (sulfide) groups is 1. The van der Waals surface area contributed by atoms with Crippen LogP contribution >= 0.6 is 11.8 Å². The van der Waals surface area contributed by atoms with E-state index < -0.39 is 0 Å². The summed E-state index contributed by atoms with van der Waals surface area (Å²) in [4.78, 5) is 0.147. The van der Waals surface area contributed by atoms with Gasteiger partial charge in [0.25, 0.3) is 0 Å². The van der Waals surface area contributed by atoms with E-state index in [2.05, 4.69) is 42.1 Å². The Kier molecular flexibility index (Phi) is 2.41. The first-order valence-electron chi connectivity index (χ1n) is 7.98. The smallest absolute Gasteiger partial charge is 0.144 e. The van der Waals surface area contributed by atoms with Crippen molar-refractivity contribution in [2.24, 2.45) is 33.9 Å². The summed E-state index contributed by atoms with van der Waals surface area (Å²) >= 11 is 2.07. The molecule has 4 bridgehead atoms. The van der Waals surface area contributed by atoms with Crippen molar-refractivity contribution in [2.75, 3.05) is 0 Å². The molecule has 1 unspecified atom stereocenters. The number of hydrogen-bond donors (Lipinski definition) is 0. The lowest BCUT2D eigenvalue weighted by Gasteiger charge is -2.57. The SMILES string of the molecule is c1ccc(C2N=NC3(S2)C2CC4CC(C2)CC3C4)cc1. The molecule has 4 fully saturated rings. The number of rotatable bonds is 1. The molecule has 1 heterocycles. The molecule has 20 heavy (non-hydrogen) atoms. The lowest BCUT2D eigenvalue weighted by Crippen LogP contribution is -2.53. The molecule has 1 aromatic rings. The van der Waals surface area contributed by atoms with Crippen LogP contribution in [0.25, 0.3) is 0 Å². The van der Waals surface area contributed by atoms with Gasteiger partial charge in [0.15, 0.2) is 0 Å². The molecule has 104 valence electrons. The minimum atomic E-state index is 0.147. The van der Waals surface area contributed by atoms with Crippen molar-refractivity contribution in [3.63, 3.8) is 0 Å². The zero-order chi connectivity index (χ0) is 13.2. The minimum absolute atomic E-state index is 0.147. The van der Waals surface area contributed by atoms with Gasteiger partial charge >= 0.3 is 0 Å². The van der Waals surface area contributed by atoms with Gasteiger partial charge in [0.05, 0.1) is 0 Å². The van der Waals surface area contributed by atoms with Crippen molar-refractivity contribution in [3.8, 4) is 0 Å². The third kappa shape index (κ3) is 1.53. The van der Waals surface area contributed by atoms with Crippen molar-refractivity contribution >= 4 is 11.8 Å². The molecule has 0 aromatic heterocycles. The molecular formula is C17H20N2S. The molecule has 1 atom stereocenters. The Bertz CT molecular complexity index is 525. The Labute approximate surface area is 124 Å². The summed E-state index contributed by atoms with van der Waals surface area (Å²) in [5.41, 5.74) is 1.33. The second-order valence-electron chi connectivity index (χ2n) is 7.15. The first-order valence-corrected chi connectivity index (χ1v) is 8.86. The van der Waals surface area contributed by atoms with Crippen LogP contribution in [0, 0.1) is 23.7 Å². The maximum Gasteiger partial charge on any atom is 0.144 e. The van der Waals surface area contributed by atoms with Gasteiger partial charge in [-0.3, -0.25) is 0 Å². The van der Waals surface area contributed by atoms with Crippen LogP contribution in [0.4, 0.5) is 0 Å². The van der Waals surface area contributed by atoms with Crippen LogP contribution in [-0.4, -0.2) is 4.87 Å². The average Bonchev–Trinajstić information content (AvgIpc) is 2.91. The van der Waals surface area contributed by atoms with Gasteiger partial charge in [-0.15, -0.1) is 0 Å². The van der Waals surface area contributed by atoms with Gasteiger partial charge in [-0.2, -0.15) is 10.2 Å². The van der Waals surface area contributed by atoms with Gasteiger partial charge in [-0.25, -0.2) is 0 Å². The zero-order valence-corrected chi connectivity index (χ0v) is 12.4. The van der Waals surface area contributed by atoms with Gasteiger partial charge in [0.1, 0.15) is 10.2 Å². The summed E-state index contributed by atoms with van der Waals surface area (Å²) in [7, 11) is 0. The molecule has 5 aliphatic rings. The van der Waals surface area contributed by atoms with Crippen LogP contribution < -0.4 is 0 Å². The monoisotopic (exact) mass is 284 g/mol. The molecule has 1 aromatic carbocycles. The van der Waals surface area contributed by atoms with Crippen LogP contribution in [0.5, 0.6) is 0 Å². The third-order valence-corrected chi connectivity index (χ3v) is 7.73. The molecule has 2 nitrogen and oxygen atoms in total. The lowest BCUT2D eigenvalue weighted by molar-refractivity contribution is -0.0142. The highest BCUT2D eigenvalue weighted by molar-refractivity contribution is 8.01. The molecule has 4 aliphatic carbocycles. The third-order valence-electron chi connectivity index (χ3n) is 6.01. The topological polar surface area (TPSA) is 24.7 Å². The van der Waals surface area contributed by atoms with Crippen molar-refractivity contribution in [1.29, 1.82) is 0 Å². The quantitative estimate of drug-likeness (QED) is 0.709. The van der Waals surface area contributed by atoms with Gasteiger partial charge in [0.2, 0.25) is 0 Å². The summed E-state index contributed by atoms with van der Waals surface area (Å²) in [6.45, 7) is 0. The van der Waals surface area contributed by atoms with E-state index in [0.717, 1.165) is 23.7 Å². The van der Waals surface area contributed by atoms with E-state index in [0.29, 0.717) is 0 Å². The Morgan fingerprint density at radius 1 is 0.900 bits per heavy atom. The number of azo groups is 1. The van der Waals surface area contributed by atoms with E-state index >= 15 is 0 Å². The Balaban J connectivity index is 1.47. The summed E-state index contributed by atoms with van der Waals surface area (Å²) in [6, 6.07) is 10.7. The number of nitrogens with zero attached hydrogens (tertiary/aromatic N) is 2. The van der Waals surface area contributed by atoms with Crippen LogP contribution in [0.1, 0.15) is 43.0 Å². The highest BCUT2D eigenvalue weighted by Gasteiger charge is 2.60. The minimum Gasteiger partial charge on any atom is -0.174 e. The Hall–Kier alpha value is -0.830. The predicted octanol–water partition coefficient (Wildman–Crippen LogP) is 5.04. The fraction of sp³-hybridized carbons (Fsp3) is 0.647.